The summed E-state index contributed by atoms with van der Waals surface area (Å²) < 4.78 is 12.7. The van der Waals surface area contributed by atoms with E-state index in [2.05, 4.69) is 32.9 Å². The van der Waals surface area contributed by atoms with Crippen LogP contribution in [0.4, 0.5) is 0 Å². The fraction of sp³-hybridized carbons (Fsp3) is 0.188. The maximum absolute atomic E-state index is 5.32. The third kappa shape index (κ3) is 2.90. The molecule has 0 radical (unpaired) electrons. The van der Waals surface area contributed by atoms with E-state index in [1.165, 1.54) is 0 Å². The van der Waals surface area contributed by atoms with Gasteiger partial charge in [-0.2, -0.15) is 0 Å². The van der Waals surface area contributed by atoms with E-state index in [9.17, 15) is 0 Å². The van der Waals surface area contributed by atoms with Gasteiger partial charge in [-0.1, -0.05) is 23.0 Å². The number of thioether (sulfide) groups is 1. The van der Waals surface area contributed by atoms with E-state index >= 15 is 0 Å². The van der Waals surface area contributed by atoms with Crippen LogP contribution in [0.3, 0.4) is 0 Å². The van der Waals surface area contributed by atoms with Gasteiger partial charge in [0.05, 0.1) is 16.8 Å². The molecule has 0 aliphatic carbocycles. The minimum atomic E-state index is 0.631. The molecule has 4 aromatic rings. The first-order valence-electron chi connectivity index (χ1n) is 7.44. The highest BCUT2D eigenvalue weighted by Crippen LogP contribution is 2.29. The molecule has 0 amide bonds. The van der Waals surface area contributed by atoms with Gasteiger partial charge in [-0.05, 0) is 30.5 Å². The van der Waals surface area contributed by atoms with Crippen molar-refractivity contribution >= 4 is 23.1 Å². The molecule has 0 aliphatic heterocycles. The van der Waals surface area contributed by atoms with E-state index < -0.39 is 0 Å². The van der Waals surface area contributed by atoms with Crippen LogP contribution < -0.4 is 0 Å². The fourth-order valence-electron chi connectivity index (χ4n) is 2.32. The molecule has 0 N–H and O–H groups in total. The SMILES string of the molecule is CCn1c(SCc2cc(-c3ccco3)on2)nnc1-c1cccs1. The normalized spacial score (nSPS) is 11.2. The van der Waals surface area contributed by atoms with Gasteiger partial charge in [0.25, 0.3) is 0 Å². The topological polar surface area (TPSA) is 69.9 Å². The number of nitrogens with zero attached hydrogens (tertiary/aromatic N) is 4. The van der Waals surface area contributed by atoms with Crippen molar-refractivity contribution in [2.24, 2.45) is 0 Å². The van der Waals surface area contributed by atoms with Crippen LogP contribution in [0.2, 0.25) is 0 Å². The van der Waals surface area contributed by atoms with Crippen LogP contribution in [-0.2, 0) is 12.3 Å². The summed E-state index contributed by atoms with van der Waals surface area (Å²) in [5, 5.41) is 15.7. The predicted molar refractivity (Wildman–Crippen MR) is 92.8 cm³/mol. The zero-order chi connectivity index (χ0) is 16.4. The molecule has 24 heavy (non-hydrogen) atoms. The quantitative estimate of drug-likeness (QED) is 0.470. The van der Waals surface area contributed by atoms with Crippen molar-refractivity contribution in [1.82, 2.24) is 19.9 Å². The lowest BCUT2D eigenvalue weighted by atomic mass is 10.3. The van der Waals surface area contributed by atoms with E-state index in [1.54, 1.807) is 29.4 Å². The van der Waals surface area contributed by atoms with Gasteiger partial charge >= 0.3 is 0 Å². The van der Waals surface area contributed by atoms with Crippen molar-refractivity contribution in [3.05, 3.63) is 47.7 Å². The van der Waals surface area contributed by atoms with Crippen LogP contribution in [0, 0.1) is 0 Å². The standard InChI is InChI=1S/C16H14N4O2S2/c1-2-20-15(14-6-4-8-23-14)17-18-16(20)24-10-11-9-13(22-19-11)12-5-3-7-21-12/h3-9H,2,10H2,1H3. The van der Waals surface area contributed by atoms with E-state index in [4.69, 9.17) is 8.94 Å². The molecule has 0 unspecified atom stereocenters. The molecule has 4 rings (SSSR count). The number of hydrogen-bond acceptors (Lipinski definition) is 7. The third-order valence-electron chi connectivity index (χ3n) is 3.45. The second-order valence-electron chi connectivity index (χ2n) is 4.98. The van der Waals surface area contributed by atoms with Gasteiger partial charge in [0, 0.05) is 18.4 Å². The average Bonchev–Trinajstić information content (AvgIpc) is 3.40. The minimum Gasteiger partial charge on any atom is -0.461 e. The van der Waals surface area contributed by atoms with Crippen molar-refractivity contribution in [2.45, 2.75) is 24.4 Å². The molecule has 0 atom stereocenters. The third-order valence-corrected chi connectivity index (χ3v) is 5.31. The Morgan fingerprint density at radius 2 is 2.17 bits per heavy atom. The van der Waals surface area contributed by atoms with Crippen LogP contribution in [-0.4, -0.2) is 19.9 Å². The van der Waals surface area contributed by atoms with E-state index in [1.807, 2.05) is 29.6 Å². The number of furan rings is 1. The van der Waals surface area contributed by atoms with Crippen molar-refractivity contribution < 1.29 is 8.94 Å². The van der Waals surface area contributed by atoms with E-state index in [0.29, 0.717) is 17.3 Å². The molecule has 0 fully saturated rings. The molecule has 0 aliphatic rings. The summed E-state index contributed by atoms with van der Waals surface area (Å²) in [5.41, 5.74) is 0.842. The molecule has 0 saturated carbocycles. The molecule has 6 nitrogen and oxygen atoms in total. The summed E-state index contributed by atoms with van der Waals surface area (Å²) in [5.74, 6) is 2.88. The molecule has 0 saturated heterocycles. The van der Waals surface area contributed by atoms with Crippen LogP contribution in [0.25, 0.3) is 22.2 Å². The Balaban J connectivity index is 1.50. The number of hydrogen-bond donors (Lipinski definition) is 0. The summed E-state index contributed by atoms with van der Waals surface area (Å²) in [6.45, 7) is 2.91. The molecule has 122 valence electrons. The highest BCUT2D eigenvalue weighted by Gasteiger charge is 2.15. The first kappa shape index (κ1) is 15.2. The Bertz CT molecular complexity index is 910. The van der Waals surface area contributed by atoms with Gasteiger partial charge in [-0.3, -0.25) is 0 Å². The van der Waals surface area contributed by atoms with Gasteiger partial charge in [-0.25, -0.2) is 0 Å². The molecule has 0 bridgehead atoms. The van der Waals surface area contributed by atoms with Crippen LogP contribution in [0.1, 0.15) is 12.6 Å². The van der Waals surface area contributed by atoms with Crippen molar-refractivity contribution in [2.75, 3.05) is 0 Å². The molecule has 8 heteroatoms. The van der Waals surface area contributed by atoms with Crippen LogP contribution >= 0.6 is 23.1 Å². The summed E-state index contributed by atoms with van der Waals surface area (Å²) in [4.78, 5) is 1.12. The Morgan fingerprint density at radius 1 is 1.21 bits per heavy atom. The highest BCUT2D eigenvalue weighted by atomic mass is 32.2. The van der Waals surface area contributed by atoms with Crippen LogP contribution in [0.5, 0.6) is 0 Å². The van der Waals surface area contributed by atoms with Crippen LogP contribution in [0.15, 0.2) is 56.1 Å². The lowest BCUT2D eigenvalue weighted by Crippen LogP contribution is -1.99. The zero-order valence-corrected chi connectivity index (χ0v) is 14.5. The second kappa shape index (κ2) is 6.66. The first-order valence-corrected chi connectivity index (χ1v) is 9.31. The smallest absolute Gasteiger partial charge is 0.202 e. The van der Waals surface area contributed by atoms with Crippen molar-refractivity contribution in [3.8, 4) is 22.2 Å². The fourth-order valence-corrected chi connectivity index (χ4v) is 3.92. The molecule has 4 aromatic heterocycles. The minimum absolute atomic E-state index is 0.631. The highest BCUT2D eigenvalue weighted by molar-refractivity contribution is 7.98. The van der Waals surface area contributed by atoms with Crippen molar-refractivity contribution in [1.29, 1.82) is 0 Å². The Kier molecular flexibility index (Phi) is 4.22. The summed E-state index contributed by atoms with van der Waals surface area (Å²) >= 11 is 3.26. The number of aromatic nitrogens is 4. The Morgan fingerprint density at radius 3 is 2.92 bits per heavy atom. The zero-order valence-electron chi connectivity index (χ0n) is 12.9. The molecular formula is C16H14N4O2S2. The monoisotopic (exact) mass is 358 g/mol. The summed E-state index contributed by atoms with van der Waals surface area (Å²) in [6.07, 6.45) is 1.61. The van der Waals surface area contributed by atoms with Gasteiger partial charge in [0.1, 0.15) is 0 Å². The average molecular weight is 358 g/mol. The predicted octanol–water partition coefficient (Wildman–Crippen LogP) is 4.57. The molecule has 0 spiro atoms. The molecule has 4 heterocycles. The van der Waals surface area contributed by atoms with E-state index in [0.717, 1.165) is 28.1 Å². The Hall–Kier alpha value is -2.32. The first-order chi connectivity index (χ1) is 11.8. The number of rotatable bonds is 6. The number of thiophene rings is 1. The lowest BCUT2D eigenvalue weighted by molar-refractivity contribution is 0.413. The maximum Gasteiger partial charge on any atom is 0.202 e. The molecule has 0 aromatic carbocycles. The van der Waals surface area contributed by atoms with Gasteiger partial charge in [-0.15, -0.1) is 21.5 Å². The van der Waals surface area contributed by atoms with Gasteiger partial charge < -0.3 is 13.5 Å². The van der Waals surface area contributed by atoms with Gasteiger partial charge in [0.2, 0.25) is 5.76 Å². The maximum atomic E-state index is 5.32. The van der Waals surface area contributed by atoms with E-state index in [-0.39, 0.29) is 0 Å². The largest absolute Gasteiger partial charge is 0.461 e. The van der Waals surface area contributed by atoms with Crippen molar-refractivity contribution in [3.63, 3.8) is 0 Å². The summed E-state index contributed by atoms with van der Waals surface area (Å²) in [7, 11) is 0. The lowest BCUT2D eigenvalue weighted by Gasteiger charge is -2.04. The Labute approximate surface area is 146 Å². The summed E-state index contributed by atoms with van der Waals surface area (Å²) in [6, 6.07) is 9.63. The second-order valence-corrected chi connectivity index (χ2v) is 6.87. The molecular weight excluding hydrogens is 344 g/mol. The van der Waals surface area contributed by atoms with Gasteiger partial charge in [0.15, 0.2) is 16.7 Å².